The van der Waals surface area contributed by atoms with Crippen molar-refractivity contribution in [2.75, 3.05) is 0 Å². The second-order valence-electron chi connectivity index (χ2n) is 0.692. The molecule has 0 radical (unpaired) electrons. The van der Waals surface area contributed by atoms with Gasteiger partial charge in [0.1, 0.15) is 5.51 Å². The van der Waals surface area contributed by atoms with Crippen LogP contribution in [0.2, 0.25) is 0 Å². The molecule has 0 aliphatic carbocycles. The summed E-state index contributed by atoms with van der Waals surface area (Å²) >= 11 is 0.889. The fraction of sp³-hybridized carbons (Fsp3) is 0. The van der Waals surface area contributed by atoms with Gasteiger partial charge in [0.15, 0.2) is 0 Å². The monoisotopic (exact) mass is 104 g/mol. The van der Waals surface area contributed by atoms with E-state index in [-0.39, 0.29) is 0 Å². The molecule has 1 heterocycles. The van der Waals surface area contributed by atoms with Gasteiger partial charge in [-0.3, -0.25) is 0 Å². The Kier molecular flexibility index (Phi) is 0.795. The van der Waals surface area contributed by atoms with Crippen molar-refractivity contribution in [2.45, 2.75) is 0 Å². The first-order valence-corrected chi connectivity index (χ1v) is 2.19. The van der Waals surface area contributed by atoms with Crippen LogP contribution in [-0.2, 0) is 0 Å². The lowest BCUT2D eigenvalue weighted by molar-refractivity contribution is 0.601. The van der Waals surface area contributed by atoms with Crippen LogP contribution < -0.4 is 0 Å². The normalized spacial score (nSPS) is 8.83. The molecule has 0 N–H and O–H groups in total. The Bertz CT molecular complexity index is 115. The summed E-state index contributed by atoms with van der Waals surface area (Å²) in [6, 6.07) is 0. The molecule has 2 nitrogen and oxygen atoms in total. The fourth-order valence-corrected chi connectivity index (χ4v) is 0.435. The SMILES string of the molecule is Fc1nncs1. The first-order valence-electron chi connectivity index (χ1n) is 1.31. The van der Waals surface area contributed by atoms with Crippen molar-refractivity contribution in [1.29, 1.82) is 0 Å². The molecule has 0 bridgehead atoms. The maximum atomic E-state index is 11.5. The van der Waals surface area contributed by atoms with Crippen LogP contribution in [0.1, 0.15) is 0 Å². The molecule has 0 saturated heterocycles. The Morgan fingerprint density at radius 1 is 1.83 bits per heavy atom. The van der Waals surface area contributed by atoms with Crippen molar-refractivity contribution >= 4 is 11.3 Å². The molecule has 0 aromatic carbocycles. The van der Waals surface area contributed by atoms with Gasteiger partial charge in [-0.1, -0.05) is 11.3 Å². The van der Waals surface area contributed by atoms with Crippen LogP contribution in [0.5, 0.6) is 0 Å². The van der Waals surface area contributed by atoms with Gasteiger partial charge < -0.3 is 0 Å². The number of aromatic nitrogens is 2. The van der Waals surface area contributed by atoms with Crippen LogP contribution in [0.3, 0.4) is 0 Å². The maximum Gasteiger partial charge on any atom is 0.289 e. The summed E-state index contributed by atoms with van der Waals surface area (Å²) in [4.78, 5) is 0. The number of nitrogens with zero attached hydrogens (tertiary/aromatic N) is 2. The lowest BCUT2D eigenvalue weighted by Gasteiger charge is -1.56. The van der Waals surface area contributed by atoms with Crippen LogP contribution in [0.25, 0.3) is 0 Å². The highest BCUT2D eigenvalue weighted by Gasteiger charge is 1.84. The lowest BCUT2D eigenvalue weighted by Crippen LogP contribution is -1.65. The van der Waals surface area contributed by atoms with Gasteiger partial charge in [-0.25, -0.2) is 0 Å². The van der Waals surface area contributed by atoms with E-state index in [2.05, 4.69) is 10.2 Å². The first-order chi connectivity index (χ1) is 2.89. The minimum absolute atomic E-state index is 0.477. The summed E-state index contributed by atoms with van der Waals surface area (Å²) in [6.45, 7) is 0. The number of halogens is 1. The Labute approximate surface area is 37.6 Å². The molecule has 0 aliphatic rings. The van der Waals surface area contributed by atoms with E-state index in [9.17, 15) is 4.39 Å². The number of rotatable bonds is 0. The predicted molar refractivity (Wildman–Crippen MR) is 19.9 cm³/mol. The van der Waals surface area contributed by atoms with E-state index in [0.717, 1.165) is 11.3 Å². The molecule has 1 rings (SSSR count). The van der Waals surface area contributed by atoms with Gasteiger partial charge in [0.25, 0.3) is 5.26 Å². The summed E-state index contributed by atoms with van der Waals surface area (Å²) < 4.78 is 11.5. The van der Waals surface area contributed by atoms with Crippen molar-refractivity contribution in [2.24, 2.45) is 0 Å². The van der Waals surface area contributed by atoms with Crippen LogP contribution in [0, 0.1) is 5.26 Å². The largest absolute Gasteiger partial charge is 0.289 e. The topological polar surface area (TPSA) is 25.8 Å². The third kappa shape index (κ3) is 0.514. The Hall–Kier alpha value is -0.510. The molecular formula is C2HFN2S. The quantitative estimate of drug-likeness (QED) is 0.483. The van der Waals surface area contributed by atoms with Gasteiger partial charge in [0, 0.05) is 0 Å². The van der Waals surface area contributed by atoms with Crippen molar-refractivity contribution < 1.29 is 4.39 Å². The van der Waals surface area contributed by atoms with Gasteiger partial charge in [-0.2, -0.15) is 4.39 Å². The Balaban J connectivity index is 3.05. The zero-order valence-electron chi connectivity index (χ0n) is 2.76. The fourth-order valence-electron chi connectivity index (χ4n) is 0.160. The molecule has 0 spiro atoms. The summed E-state index contributed by atoms with van der Waals surface area (Å²) in [5, 5.41) is 5.76. The average molecular weight is 104 g/mol. The zero-order valence-corrected chi connectivity index (χ0v) is 3.57. The molecule has 0 aliphatic heterocycles. The third-order valence-electron chi connectivity index (χ3n) is 0.333. The predicted octanol–water partition coefficient (Wildman–Crippen LogP) is 0.677. The molecular weight excluding hydrogens is 103 g/mol. The number of hydrogen-bond donors (Lipinski definition) is 0. The molecule has 1 aromatic heterocycles. The van der Waals surface area contributed by atoms with Gasteiger partial charge in [0.05, 0.1) is 0 Å². The molecule has 32 valence electrons. The molecule has 0 fully saturated rings. The first kappa shape index (κ1) is 3.67. The van der Waals surface area contributed by atoms with E-state index in [4.69, 9.17) is 0 Å². The molecule has 0 saturated carbocycles. The van der Waals surface area contributed by atoms with E-state index in [1.165, 1.54) is 5.51 Å². The summed E-state index contributed by atoms with van der Waals surface area (Å²) in [6.07, 6.45) is 0. The summed E-state index contributed by atoms with van der Waals surface area (Å²) in [7, 11) is 0. The van der Waals surface area contributed by atoms with Crippen LogP contribution in [-0.4, -0.2) is 10.2 Å². The standard InChI is InChI=1S/C2HFN2S/c3-2-5-4-1-6-2/h1H. The Morgan fingerprint density at radius 2 is 2.67 bits per heavy atom. The van der Waals surface area contributed by atoms with E-state index < -0.39 is 5.26 Å². The third-order valence-corrected chi connectivity index (χ3v) is 0.809. The van der Waals surface area contributed by atoms with Crippen molar-refractivity contribution in [3.63, 3.8) is 0 Å². The van der Waals surface area contributed by atoms with E-state index in [1.807, 2.05) is 0 Å². The second kappa shape index (κ2) is 1.30. The van der Waals surface area contributed by atoms with Crippen molar-refractivity contribution in [3.05, 3.63) is 10.8 Å². The highest BCUT2D eigenvalue weighted by molar-refractivity contribution is 7.07. The molecule has 4 heteroatoms. The zero-order chi connectivity index (χ0) is 4.41. The lowest BCUT2D eigenvalue weighted by atomic mass is 11.5. The summed E-state index contributed by atoms with van der Waals surface area (Å²) in [5.41, 5.74) is 1.34. The highest BCUT2D eigenvalue weighted by atomic mass is 32.1. The number of hydrogen-bond acceptors (Lipinski definition) is 3. The molecule has 0 unspecified atom stereocenters. The van der Waals surface area contributed by atoms with Gasteiger partial charge in [-0.05, 0) is 0 Å². The van der Waals surface area contributed by atoms with Crippen LogP contribution in [0.15, 0.2) is 5.51 Å². The highest BCUT2D eigenvalue weighted by Crippen LogP contribution is 1.94. The van der Waals surface area contributed by atoms with Crippen molar-refractivity contribution in [3.8, 4) is 0 Å². The maximum absolute atomic E-state index is 11.5. The van der Waals surface area contributed by atoms with E-state index in [1.54, 1.807) is 0 Å². The Morgan fingerprint density at radius 3 is 2.83 bits per heavy atom. The van der Waals surface area contributed by atoms with Crippen molar-refractivity contribution in [1.82, 2.24) is 10.2 Å². The summed E-state index contributed by atoms with van der Waals surface area (Å²) in [5.74, 6) is 0. The molecule has 6 heavy (non-hydrogen) atoms. The van der Waals surface area contributed by atoms with Crippen LogP contribution >= 0.6 is 11.3 Å². The van der Waals surface area contributed by atoms with E-state index >= 15 is 0 Å². The smallest absolute Gasteiger partial charge is 0.171 e. The van der Waals surface area contributed by atoms with Gasteiger partial charge in [0.2, 0.25) is 0 Å². The average Bonchev–Trinajstić information content (AvgIpc) is 1.86. The minimum Gasteiger partial charge on any atom is -0.171 e. The molecule has 0 amide bonds. The van der Waals surface area contributed by atoms with Crippen LogP contribution in [0.4, 0.5) is 4.39 Å². The minimum atomic E-state index is -0.477. The molecule has 1 aromatic rings. The second-order valence-corrected chi connectivity index (χ2v) is 1.48. The van der Waals surface area contributed by atoms with E-state index in [0.29, 0.717) is 0 Å². The van der Waals surface area contributed by atoms with Gasteiger partial charge in [-0.15, -0.1) is 10.2 Å². The molecule has 0 atom stereocenters. The van der Waals surface area contributed by atoms with Gasteiger partial charge >= 0.3 is 0 Å².